The van der Waals surface area contributed by atoms with Crippen molar-refractivity contribution >= 4 is 46.1 Å². The molecule has 0 atom stereocenters. The van der Waals surface area contributed by atoms with E-state index in [0.29, 0.717) is 10.6 Å². The Hall–Kier alpha value is -4.29. The van der Waals surface area contributed by atoms with Crippen LogP contribution in [0.2, 0.25) is 0 Å². The minimum Gasteiger partial charge on any atom is -0.309 e. The van der Waals surface area contributed by atoms with E-state index in [4.69, 9.17) is 0 Å². The lowest BCUT2D eigenvalue weighted by atomic mass is 10.1. The van der Waals surface area contributed by atoms with Gasteiger partial charge in [0.05, 0.1) is 0 Å². The van der Waals surface area contributed by atoms with Gasteiger partial charge in [-0.25, -0.2) is 0 Å². The quantitative estimate of drug-likeness (QED) is 0.226. The monoisotopic (exact) mass is 555 g/mol. The summed E-state index contributed by atoms with van der Waals surface area (Å²) in [4.78, 5) is 4.38. The summed E-state index contributed by atoms with van der Waals surface area (Å²) in [7, 11) is -6.56. The lowest BCUT2D eigenvalue weighted by molar-refractivity contribution is 0.591. The predicted octanol–water partition coefficient (Wildman–Crippen LogP) is 6.03. The standard InChI is InChI=1S/C35H27NO2P2/c37-39(29-15-5-1-6-16-29,30-17-7-2-8-18-30)33-23-24-35(34(26-33)28-14-13-25-36-27-28)40(38,31-19-9-3-10-20-31)32-21-11-4-12-22-32/h1-27H. The zero-order valence-electron chi connectivity index (χ0n) is 21.7. The van der Waals surface area contributed by atoms with Gasteiger partial charge in [0.2, 0.25) is 0 Å². The zero-order valence-corrected chi connectivity index (χ0v) is 23.5. The molecule has 0 amide bonds. The molecule has 6 rings (SSSR count). The molecule has 0 radical (unpaired) electrons. The first kappa shape index (κ1) is 26.0. The summed E-state index contributed by atoms with van der Waals surface area (Å²) in [6.07, 6.45) is 3.50. The predicted molar refractivity (Wildman–Crippen MR) is 168 cm³/mol. The normalized spacial score (nSPS) is 11.7. The largest absolute Gasteiger partial charge is 0.309 e. The van der Waals surface area contributed by atoms with Crippen LogP contribution in [0.25, 0.3) is 11.1 Å². The van der Waals surface area contributed by atoms with Crippen molar-refractivity contribution in [3.05, 3.63) is 164 Å². The molecule has 1 aromatic heterocycles. The smallest absolute Gasteiger partial charge is 0.171 e. The molecule has 40 heavy (non-hydrogen) atoms. The first-order chi connectivity index (χ1) is 19.6. The first-order valence-electron chi connectivity index (χ1n) is 13.1. The van der Waals surface area contributed by atoms with Crippen molar-refractivity contribution in [3.63, 3.8) is 0 Å². The topological polar surface area (TPSA) is 47.0 Å². The molecule has 0 bridgehead atoms. The van der Waals surface area contributed by atoms with Crippen molar-refractivity contribution in [2.75, 3.05) is 0 Å². The van der Waals surface area contributed by atoms with Gasteiger partial charge in [0.15, 0.2) is 14.3 Å². The second kappa shape index (κ2) is 11.1. The molecule has 194 valence electrons. The third-order valence-electron chi connectivity index (χ3n) is 7.13. The van der Waals surface area contributed by atoms with E-state index in [9.17, 15) is 0 Å². The Bertz CT molecular complexity index is 1740. The Morgan fingerprint density at radius 3 is 1.30 bits per heavy atom. The van der Waals surface area contributed by atoms with Crippen LogP contribution >= 0.6 is 14.3 Å². The summed E-state index contributed by atoms with van der Waals surface area (Å²) < 4.78 is 30.6. The van der Waals surface area contributed by atoms with Crippen molar-refractivity contribution in [3.8, 4) is 11.1 Å². The molecule has 3 nitrogen and oxygen atoms in total. The Morgan fingerprint density at radius 1 is 0.425 bits per heavy atom. The van der Waals surface area contributed by atoms with Crippen LogP contribution in [-0.2, 0) is 9.13 Å². The van der Waals surface area contributed by atoms with Gasteiger partial charge in [-0.3, -0.25) is 4.98 Å². The minimum atomic E-state index is -3.31. The van der Waals surface area contributed by atoms with Crippen molar-refractivity contribution in [1.82, 2.24) is 4.98 Å². The fraction of sp³-hybridized carbons (Fsp3) is 0. The number of benzene rings is 5. The van der Waals surface area contributed by atoms with E-state index in [1.165, 1.54) is 0 Å². The van der Waals surface area contributed by atoms with Crippen LogP contribution in [0.5, 0.6) is 0 Å². The third kappa shape index (κ3) is 4.58. The summed E-state index contributed by atoms with van der Waals surface area (Å²) in [5.41, 5.74) is 1.58. The number of hydrogen-bond acceptors (Lipinski definition) is 3. The summed E-state index contributed by atoms with van der Waals surface area (Å²) in [5.74, 6) is 0. The van der Waals surface area contributed by atoms with Crippen molar-refractivity contribution in [1.29, 1.82) is 0 Å². The average Bonchev–Trinajstić information content (AvgIpc) is 3.06. The highest BCUT2D eigenvalue weighted by atomic mass is 31.2. The van der Waals surface area contributed by atoms with E-state index in [1.807, 2.05) is 152 Å². The molecule has 1 heterocycles. The third-order valence-corrected chi connectivity index (χ3v) is 13.3. The summed E-state index contributed by atoms with van der Waals surface area (Å²) in [5, 5.41) is 4.36. The van der Waals surface area contributed by atoms with E-state index < -0.39 is 14.3 Å². The zero-order chi connectivity index (χ0) is 27.4. The van der Waals surface area contributed by atoms with Crippen LogP contribution < -0.4 is 31.8 Å². The molecule has 6 aromatic rings. The number of rotatable bonds is 7. The van der Waals surface area contributed by atoms with Gasteiger partial charge in [-0.2, -0.15) is 0 Å². The van der Waals surface area contributed by atoms with Gasteiger partial charge in [-0.15, -0.1) is 0 Å². The van der Waals surface area contributed by atoms with Crippen molar-refractivity contribution in [2.24, 2.45) is 0 Å². The van der Waals surface area contributed by atoms with Crippen LogP contribution in [0.15, 0.2) is 164 Å². The Morgan fingerprint density at radius 2 is 0.875 bits per heavy atom. The number of pyridine rings is 1. The highest BCUT2D eigenvalue weighted by Gasteiger charge is 2.35. The minimum absolute atomic E-state index is 0.681. The van der Waals surface area contributed by atoms with E-state index in [-0.39, 0.29) is 0 Å². The SMILES string of the molecule is O=P(c1ccccc1)(c1ccccc1)c1ccc(P(=O)(c2ccccc2)c2ccccc2)c(-c2cccnc2)c1. The highest BCUT2D eigenvalue weighted by Crippen LogP contribution is 2.47. The molecule has 0 aliphatic carbocycles. The van der Waals surface area contributed by atoms with Gasteiger partial charge in [0.25, 0.3) is 0 Å². The lowest BCUT2D eigenvalue weighted by Gasteiger charge is -2.25. The molecule has 5 aromatic carbocycles. The van der Waals surface area contributed by atoms with E-state index >= 15 is 9.13 Å². The van der Waals surface area contributed by atoms with E-state index in [2.05, 4.69) is 4.98 Å². The van der Waals surface area contributed by atoms with Crippen LogP contribution in [0, 0.1) is 0 Å². The van der Waals surface area contributed by atoms with Crippen LogP contribution in [0.1, 0.15) is 0 Å². The summed E-state index contributed by atoms with van der Waals surface area (Å²) in [6.45, 7) is 0. The molecule has 0 aliphatic rings. The van der Waals surface area contributed by atoms with Crippen LogP contribution in [0.4, 0.5) is 0 Å². The van der Waals surface area contributed by atoms with Gasteiger partial charge in [-0.05, 0) is 23.8 Å². The van der Waals surface area contributed by atoms with Crippen molar-refractivity contribution in [2.45, 2.75) is 0 Å². The number of nitrogens with zero attached hydrogens (tertiary/aromatic N) is 1. The average molecular weight is 556 g/mol. The van der Waals surface area contributed by atoms with Gasteiger partial charge < -0.3 is 9.13 Å². The highest BCUT2D eigenvalue weighted by molar-refractivity contribution is 7.86. The fourth-order valence-electron chi connectivity index (χ4n) is 5.17. The maximum Gasteiger partial charge on any atom is 0.171 e. The first-order valence-corrected chi connectivity index (χ1v) is 16.5. The Balaban J connectivity index is 1.67. The molecular weight excluding hydrogens is 528 g/mol. The molecule has 0 N–H and O–H groups in total. The maximum atomic E-state index is 15.4. The Kier molecular flexibility index (Phi) is 7.18. The van der Waals surface area contributed by atoms with Gasteiger partial charge in [0.1, 0.15) is 0 Å². The van der Waals surface area contributed by atoms with Crippen LogP contribution in [-0.4, -0.2) is 4.98 Å². The molecule has 0 saturated heterocycles. The Labute approximate surface area is 235 Å². The molecular formula is C35H27NO2P2. The maximum absolute atomic E-state index is 15.4. The number of hydrogen-bond donors (Lipinski definition) is 0. The molecule has 0 spiro atoms. The van der Waals surface area contributed by atoms with Gasteiger partial charge in [-0.1, -0.05) is 133 Å². The summed E-state index contributed by atoms with van der Waals surface area (Å²) >= 11 is 0. The van der Waals surface area contributed by atoms with Gasteiger partial charge >= 0.3 is 0 Å². The molecule has 0 unspecified atom stereocenters. The second-order valence-corrected chi connectivity index (χ2v) is 15.0. The second-order valence-electron chi connectivity index (χ2n) is 9.50. The van der Waals surface area contributed by atoms with Gasteiger partial charge in [0, 0.05) is 49.8 Å². The lowest BCUT2D eigenvalue weighted by Crippen LogP contribution is -2.30. The van der Waals surface area contributed by atoms with E-state index in [0.717, 1.165) is 32.3 Å². The van der Waals surface area contributed by atoms with Crippen molar-refractivity contribution < 1.29 is 9.13 Å². The van der Waals surface area contributed by atoms with E-state index in [1.54, 1.807) is 12.4 Å². The molecule has 0 aliphatic heterocycles. The summed E-state index contributed by atoms with van der Waals surface area (Å²) in [6, 6.07) is 48.1. The molecule has 0 saturated carbocycles. The van der Waals surface area contributed by atoms with Crippen LogP contribution in [0.3, 0.4) is 0 Å². The molecule has 5 heteroatoms. The number of aromatic nitrogens is 1. The molecule has 0 fully saturated rings. The fourth-order valence-corrected chi connectivity index (χ4v) is 10.7.